The van der Waals surface area contributed by atoms with Crippen LogP contribution in [0, 0.1) is 30.3 Å². The van der Waals surface area contributed by atoms with Crippen molar-refractivity contribution in [3.63, 3.8) is 0 Å². The van der Waals surface area contributed by atoms with Gasteiger partial charge in [0.05, 0.1) is 28.0 Å². The van der Waals surface area contributed by atoms with Gasteiger partial charge in [0.2, 0.25) is 0 Å². The second kappa shape index (κ2) is 19.4. The SMILES string of the molecule is O=[N+]([O-])c1ccc(SSCCO)nc1.O=[N+]([O-])c1ccc(SSc2ccc([N+](=O)[O-])cn2)nc1.OCCS. The smallest absolute Gasteiger partial charge is 0.287 e. The molecule has 0 aliphatic carbocycles. The Morgan fingerprint density at radius 3 is 1.24 bits per heavy atom. The lowest BCUT2D eigenvalue weighted by molar-refractivity contribution is -0.385. The predicted molar refractivity (Wildman–Crippen MR) is 151 cm³/mol. The molecule has 38 heavy (non-hydrogen) atoms. The highest BCUT2D eigenvalue weighted by molar-refractivity contribution is 8.77. The van der Waals surface area contributed by atoms with Crippen LogP contribution in [0.5, 0.6) is 0 Å². The Balaban J connectivity index is 0.000000349. The van der Waals surface area contributed by atoms with Crippen LogP contribution >= 0.6 is 55.8 Å². The molecule has 204 valence electrons. The van der Waals surface area contributed by atoms with Crippen molar-refractivity contribution in [2.75, 3.05) is 24.7 Å². The fraction of sp³-hybridized carbons (Fsp3) is 0.211. The van der Waals surface area contributed by atoms with Crippen LogP contribution in [0.2, 0.25) is 0 Å². The number of aliphatic hydroxyl groups is 2. The molecule has 3 heterocycles. The molecule has 0 amide bonds. The van der Waals surface area contributed by atoms with Crippen molar-refractivity contribution in [3.8, 4) is 0 Å². The van der Waals surface area contributed by atoms with Crippen molar-refractivity contribution >= 4 is 72.9 Å². The van der Waals surface area contributed by atoms with Gasteiger partial charge in [-0.25, -0.2) is 15.0 Å². The van der Waals surface area contributed by atoms with Gasteiger partial charge in [-0.15, -0.1) is 0 Å². The van der Waals surface area contributed by atoms with Crippen LogP contribution in [0.4, 0.5) is 17.1 Å². The standard InChI is InChI=1S/C10H6N4O4S2.C7H8N2O3S2.C2H6OS/c15-13(16)7-1-3-9(11-5-7)19-20-10-4-2-8(6-12-10)14(17)18;10-3-4-13-14-7-2-1-6(5-8-7)9(11)12;3-1-2-4/h1-6H;1-2,5,10H,3-4H2;3-4H,1-2H2. The molecule has 0 saturated carbocycles. The number of hydrogen-bond acceptors (Lipinski definition) is 16. The van der Waals surface area contributed by atoms with E-state index in [-0.39, 0.29) is 30.3 Å². The molecule has 3 rings (SSSR count). The molecule has 0 aliphatic heterocycles. The molecule has 2 N–H and O–H groups in total. The molecular weight excluding hydrogens is 601 g/mol. The number of thiol groups is 1. The normalized spacial score (nSPS) is 9.87. The minimum atomic E-state index is -0.521. The van der Waals surface area contributed by atoms with Crippen molar-refractivity contribution < 1.29 is 25.0 Å². The number of nitrogens with zero attached hydrogens (tertiary/aromatic N) is 6. The molecule has 0 aromatic carbocycles. The van der Waals surface area contributed by atoms with Crippen molar-refractivity contribution in [3.05, 3.63) is 85.3 Å². The van der Waals surface area contributed by atoms with Gasteiger partial charge >= 0.3 is 0 Å². The molecule has 0 aliphatic rings. The topological polar surface area (TPSA) is 209 Å². The summed E-state index contributed by atoms with van der Waals surface area (Å²) in [6, 6.07) is 8.78. The van der Waals surface area contributed by atoms with E-state index in [1.807, 2.05) is 0 Å². The summed E-state index contributed by atoms with van der Waals surface area (Å²) in [6.07, 6.45) is 3.57. The molecule has 3 aromatic rings. The Bertz CT molecular complexity index is 1080. The fourth-order valence-electron chi connectivity index (χ4n) is 1.81. The van der Waals surface area contributed by atoms with Gasteiger partial charge in [-0.2, -0.15) is 12.6 Å². The quantitative estimate of drug-likeness (QED) is 0.0870. The molecule has 0 bridgehead atoms. The zero-order valence-corrected chi connectivity index (χ0v) is 23.3. The zero-order valence-electron chi connectivity index (χ0n) is 19.1. The molecular formula is C19H20N6O8S5. The first-order valence-corrected chi connectivity index (χ1v) is 15.1. The summed E-state index contributed by atoms with van der Waals surface area (Å²) < 4.78 is 0. The minimum Gasteiger partial charge on any atom is -0.396 e. The molecule has 0 saturated heterocycles. The molecule has 0 fully saturated rings. The largest absolute Gasteiger partial charge is 0.396 e. The molecule has 0 atom stereocenters. The van der Waals surface area contributed by atoms with Gasteiger partial charge in [0, 0.05) is 29.7 Å². The van der Waals surface area contributed by atoms with Crippen LogP contribution in [0.15, 0.2) is 70.1 Å². The summed E-state index contributed by atoms with van der Waals surface area (Å²) in [5.74, 6) is 1.18. The van der Waals surface area contributed by atoms with E-state index in [1.165, 1.54) is 92.1 Å². The molecule has 0 radical (unpaired) electrons. The van der Waals surface area contributed by atoms with Crippen LogP contribution in [0.25, 0.3) is 0 Å². The highest BCUT2D eigenvalue weighted by Crippen LogP contribution is 2.35. The monoisotopic (exact) mass is 620 g/mol. The van der Waals surface area contributed by atoms with E-state index in [4.69, 9.17) is 10.2 Å². The number of aliphatic hydroxyl groups excluding tert-OH is 2. The molecule has 19 heteroatoms. The molecule has 3 aromatic heterocycles. The third-order valence-corrected chi connectivity index (χ3v) is 8.05. The summed E-state index contributed by atoms with van der Waals surface area (Å²) in [7, 11) is 5.36. The lowest BCUT2D eigenvalue weighted by atomic mass is 10.4. The predicted octanol–water partition coefficient (Wildman–Crippen LogP) is 4.72. The summed E-state index contributed by atoms with van der Waals surface area (Å²) >= 11 is 3.67. The first-order valence-electron chi connectivity index (χ1n) is 9.99. The van der Waals surface area contributed by atoms with Gasteiger partial charge in [-0.1, -0.05) is 10.8 Å². The van der Waals surface area contributed by atoms with E-state index >= 15 is 0 Å². The maximum absolute atomic E-state index is 10.5. The van der Waals surface area contributed by atoms with Gasteiger partial charge in [0.1, 0.15) is 33.7 Å². The average Bonchev–Trinajstić information content (AvgIpc) is 2.93. The van der Waals surface area contributed by atoms with Gasteiger partial charge < -0.3 is 10.2 Å². The number of hydrogen-bond donors (Lipinski definition) is 3. The van der Waals surface area contributed by atoms with Crippen molar-refractivity contribution in [1.29, 1.82) is 0 Å². The van der Waals surface area contributed by atoms with Crippen molar-refractivity contribution in [1.82, 2.24) is 15.0 Å². The third-order valence-electron chi connectivity index (χ3n) is 3.43. The summed E-state index contributed by atoms with van der Waals surface area (Å²) in [5.41, 5.74) is -0.165. The van der Waals surface area contributed by atoms with Crippen LogP contribution < -0.4 is 0 Å². The van der Waals surface area contributed by atoms with E-state index in [2.05, 4.69) is 27.6 Å². The van der Waals surface area contributed by atoms with E-state index in [0.717, 1.165) is 0 Å². The van der Waals surface area contributed by atoms with Crippen LogP contribution in [0.3, 0.4) is 0 Å². The van der Waals surface area contributed by atoms with Crippen LogP contribution in [-0.2, 0) is 0 Å². The second-order valence-corrected chi connectivity index (χ2v) is 11.1. The first-order chi connectivity index (χ1) is 18.2. The fourth-order valence-corrected chi connectivity index (χ4v) is 5.16. The van der Waals surface area contributed by atoms with Gasteiger partial charge in [0.15, 0.2) is 0 Å². The lowest BCUT2D eigenvalue weighted by Crippen LogP contribution is -1.89. The van der Waals surface area contributed by atoms with E-state index in [0.29, 0.717) is 26.6 Å². The Morgan fingerprint density at radius 2 is 1.00 bits per heavy atom. The van der Waals surface area contributed by atoms with Gasteiger partial charge in [-0.05, 0) is 50.6 Å². The maximum atomic E-state index is 10.5. The average molecular weight is 621 g/mol. The van der Waals surface area contributed by atoms with E-state index < -0.39 is 14.8 Å². The van der Waals surface area contributed by atoms with E-state index in [1.54, 1.807) is 6.07 Å². The van der Waals surface area contributed by atoms with Gasteiger partial charge in [0.25, 0.3) is 17.1 Å². The summed E-state index contributed by atoms with van der Waals surface area (Å²) in [6.45, 7) is 0.299. The maximum Gasteiger partial charge on any atom is 0.287 e. The Hall–Kier alpha value is -2.68. The van der Waals surface area contributed by atoms with Crippen LogP contribution in [-0.4, -0.2) is 64.7 Å². The zero-order chi connectivity index (χ0) is 28.3. The summed E-state index contributed by atoms with van der Waals surface area (Å²) in [5, 5.41) is 49.4. The molecule has 0 unspecified atom stereocenters. The minimum absolute atomic E-state index is 0.0125. The number of aromatic nitrogens is 3. The number of nitro groups is 3. The van der Waals surface area contributed by atoms with E-state index in [9.17, 15) is 30.3 Å². The second-order valence-electron chi connectivity index (χ2n) is 6.08. The first kappa shape index (κ1) is 33.3. The number of pyridine rings is 3. The van der Waals surface area contributed by atoms with Crippen molar-refractivity contribution in [2.24, 2.45) is 0 Å². The molecule has 14 nitrogen and oxygen atoms in total. The highest BCUT2D eigenvalue weighted by Gasteiger charge is 2.09. The Morgan fingerprint density at radius 1 is 0.658 bits per heavy atom. The van der Waals surface area contributed by atoms with Crippen LogP contribution in [0.1, 0.15) is 0 Å². The highest BCUT2D eigenvalue weighted by atomic mass is 33.1. The Kier molecular flexibility index (Phi) is 17.0. The third kappa shape index (κ3) is 13.7. The lowest BCUT2D eigenvalue weighted by Gasteiger charge is -1.99. The number of rotatable bonds is 11. The summed E-state index contributed by atoms with van der Waals surface area (Å²) in [4.78, 5) is 41.4. The van der Waals surface area contributed by atoms with Crippen molar-refractivity contribution in [2.45, 2.75) is 15.1 Å². The molecule has 0 spiro atoms. The Labute approximate surface area is 237 Å². The van der Waals surface area contributed by atoms with Gasteiger partial charge in [-0.3, -0.25) is 30.3 Å².